The van der Waals surface area contributed by atoms with Gasteiger partial charge in [-0.1, -0.05) is 6.07 Å². The van der Waals surface area contributed by atoms with Gasteiger partial charge in [-0.2, -0.15) is 5.10 Å². The Hall–Kier alpha value is -3.85. The predicted octanol–water partition coefficient (Wildman–Crippen LogP) is 5.66. The van der Waals surface area contributed by atoms with Crippen molar-refractivity contribution >= 4 is 17.9 Å². The molecule has 0 bridgehead atoms. The highest BCUT2D eigenvalue weighted by Gasteiger charge is 2.35. The van der Waals surface area contributed by atoms with Crippen molar-refractivity contribution in [1.82, 2.24) is 9.99 Å². The van der Waals surface area contributed by atoms with E-state index in [1.165, 1.54) is 17.1 Å². The first-order valence-corrected chi connectivity index (χ1v) is 13.8. The molecule has 1 unspecified atom stereocenters. The molecule has 1 fully saturated rings. The van der Waals surface area contributed by atoms with Crippen LogP contribution in [0.15, 0.2) is 59.8 Å². The molecule has 2 aliphatic rings. The van der Waals surface area contributed by atoms with Crippen LogP contribution in [0.25, 0.3) is 11.1 Å². The zero-order valence-corrected chi connectivity index (χ0v) is 22.6. The lowest BCUT2D eigenvalue weighted by Gasteiger charge is -2.34. The van der Waals surface area contributed by atoms with Crippen LogP contribution in [0.4, 0.5) is 14.6 Å². The summed E-state index contributed by atoms with van der Waals surface area (Å²) < 4.78 is 33.5. The summed E-state index contributed by atoms with van der Waals surface area (Å²) in [4.78, 5) is 20.2. The zero-order valence-electron chi connectivity index (χ0n) is 22.6. The van der Waals surface area contributed by atoms with E-state index in [-0.39, 0.29) is 18.4 Å². The third-order valence-electron chi connectivity index (χ3n) is 7.58. The van der Waals surface area contributed by atoms with Gasteiger partial charge in [0.1, 0.15) is 23.2 Å². The third kappa shape index (κ3) is 6.31. The average Bonchev–Trinajstić information content (AvgIpc) is 3.46. The number of unbranched alkanes of at least 4 members (excludes halogenated alkanes) is 1. The average molecular weight is 549 g/mol. The number of piperidine rings is 1. The third-order valence-corrected chi connectivity index (χ3v) is 7.58. The van der Waals surface area contributed by atoms with Crippen LogP contribution in [-0.2, 0) is 4.79 Å². The minimum atomic E-state index is -0.662. The lowest BCUT2D eigenvalue weighted by Crippen LogP contribution is -2.41. The first-order valence-electron chi connectivity index (χ1n) is 13.8. The molecule has 1 atom stereocenters. The molecule has 2 aliphatic heterocycles. The molecule has 5 rings (SSSR count). The van der Waals surface area contributed by atoms with E-state index in [1.54, 1.807) is 12.4 Å². The topological polar surface area (TPSA) is 78.3 Å². The number of benzene rings is 2. The van der Waals surface area contributed by atoms with E-state index < -0.39 is 17.7 Å². The number of pyridine rings is 1. The molecular weight excluding hydrogens is 514 g/mol. The Balaban J connectivity index is 1.23. The lowest BCUT2D eigenvalue weighted by atomic mass is 9.94. The van der Waals surface area contributed by atoms with Crippen LogP contribution in [0.3, 0.4) is 0 Å². The highest BCUT2D eigenvalue weighted by molar-refractivity contribution is 5.82. The van der Waals surface area contributed by atoms with Crippen molar-refractivity contribution in [3.8, 4) is 16.9 Å². The number of aromatic nitrogens is 1. The molecule has 9 heteroatoms. The fourth-order valence-electron chi connectivity index (χ4n) is 5.38. The maximum atomic E-state index is 13.8. The van der Waals surface area contributed by atoms with Crippen LogP contribution < -0.4 is 9.64 Å². The van der Waals surface area contributed by atoms with Crippen molar-refractivity contribution in [2.45, 2.75) is 45.1 Å². The number of hydrogen-bond donors (Lipinski definition) is 1. The summed E-state index contributed by atoms with van der Waals surface area (Å²) >= 11 is 0. The highest BCUT2D eigenvalue weighted by atomic mass is 19.1. The molecule has 1 amide bonds. The number of hydrogen-bond acceptors (Lipinski definition) is 6. The summed E-state index contributed by atoms with van der Waals surface area (Å²) in [6.45, 7) is 4.11. The zero-order chi connectivity index (χ0) is 28.1. The van der Waals surface area contributed by atoms with Crippen molar-refractivity contribution in [1.29, 1.82) is 0 Å². The monoisotopic (exact) mass is 548 g/mol. The van der Waals surface area contributed by atoms with E-state index in [9.17, 15) is 13.6 Å². The van der Waals surface area contributed by atoms with Gasteiger partial charge in [0, 0.05) is 50.5 Å². The maximum Gasteiger partial charge on any atom is 0.246 e. The van der Waals surface area contributed by atoms with Crippen molar-refractivity contribution in [2.24, 2.45) is 11.0 Å². The molecule has 3 heterocycles. The van der Waals surface area contributed by atoms with Gasteiger partial charge in [-0.25, -0.2) is 18.8 Å². The van der Waals surface area contributed by atoms with Crippen LogP contribution in [0.5, 0.6) is 5.75 Å². The summed E-state index contributed by atoms with van der Waals surface area (Å²) in [5, 5.41) is 14.6. The van der Waals surface area contributed by atoms with Crippen molar-refractivity contribution in [3.05, 3.63) is 77.5 Å². The number of nitrogens with zero attached hydrogens (tertiary/aromatic N) is 4. The molecule has 0 saturated carbocycles. The lowest BCUT2D eigenvalue weighted by molar-refractivity contribution is -0.138. The first-order chi connectivity index (χ1) is 19.4. The molecule has 1 N–H and O–H groups in total. The molecular formula is C31H34F2N4O3. The van der Waals surface area contributed by atoms with Crippen LogP contribution in [0.1, 0.15) is 49.3 Å². The summed E-state index contributed by atoms with van der Waals surface area (Å²) in [5.74, 6) is -0.0205. The van der Waals surface area contributed by atoms with Gasteiger partial charge in [-0.05, 0) is 91.3 Å². The molecule has 210 valence electrons. The minimum Gasteiger partial charge on any atom is -0.494 e. The largest absolute Gasteiger partial charge is 0.494 e. The smallest absolute Gasteiger partial charge is 0.246 e. The van der Waals surface area contributed by atoms with E-state index in [0.29, 0.717) is 50.9 Å². The predicted molar refractivity (Wildman–Crippen MR) is 150 cm³/mol. The molecule has 0 spiro atoms. The van der Waals surface area contributed by atoms with Gasteiger partial charge in [0.2, 0.25) is 5.91 Å². The molecule has 0 aliphatic carbocycles. The van der Waals surface area contributed by atoms with Gasteiger partial charge >= 0.3 is 0 Å². The molecule has 7 nitrogen and oxygen atoms in total. The fourth-order valence-corrected chi connectivity index (χ4v) is 5.38. The van der Waals surface area contributed by atoms with Gasteiger partial charge < -0.3 is 14.7 Å². The number of ether oxygens (including phenoxy) is 1. The standard InChI is InChI=1S/C31H34F2N4O3/c1-21-4-5-27(40-15-3-2-14-38)20-28(21)23-6-10-34-30(18-23)36-12-8-22(9-13-36)31(39)37-29(7-11-35-37)24-16-25(32)19-26(33)17-24/h4-6,10-11,16-20,22,29,38H,2-3,7-9,12-15H2,1H3. The molecule has 0 radical (unpaired) electrons. The Morgan fingerprint density at radius 2 is 1.82 bits per heavy atom. The second-order valence-electron chi connectivity index (χ2n) is 10.4. The molecule has 1 aromatic heterocycles. The van der Waals surface area contributed by atoms with Crippen LogP contribution >= 0.6 is 0 Å². The fraction of sp³-hybridized carbons (Fsp3) is 0.387. The van der Waals surface area contributed by atoms with E-state index in [4.69, 9.17) is 9.84 Å². The number of hydrazone groups is 1. The summed E-state index contributed by atoms with van der Waals surface area (Å²) in [6.07, 6.45) is 6.65. The number of amides is 1. The van der Waals surface area contributed by atoms with Gasteiger partial charge in [0.05, 0.1) is 12.6 Å². The maximum absolute atomic E-state index is 13.8. The highest BCUT2D eigenvalue weighted by Crippen LogP contribution is 2.34. The van der Waals surface area contributed by atoms with Gasteiger partial charge in [0.25, 0.3) is 0 Å². The number of carbonyl (C=O) groups excluding carboxylic acids is 1. The normalized spacial score (nSPS) is 17.4. The second kappa shape index (κ2) is 12.6. The van der Waals surface area contributed by atoms with E-state index >= 15 is 0 Å². The Labute approximate surface area is 233 Å². The van der Waals surface area contributed by atoms with Crippen molar-refractivity contribution < 1.29 is 23.4 Å². The number of halogens is 2. The molecule has 3 aromatic rings. The Morgan fingerprint density at radius 1 is 1.05 bits per heavy atom. The number of aliphatic hydroxyl groups excluding tert-OH is 1. The molecule has 40 heavy (non-hydrogen) atoms. The van der Waals surface area contributed by atoms with Crippen molar-refractivity contribution in [3.63, 3.8) is 0 Å². The molecule has 1 saturated heterocycles. The number of rotatable bonds is 9. The second-order valence-corrected chi connectivity index (χ2v) is 10.4. The van der Waals surface area contributed by atoms with E-state index in [2.05, 4.69) is 28.0 Å². The van der Waals surface area contributed by atoms with Gasteiger partial charge in [0.15, 0.2) is 0 Å². The van der Waals surface area contributed by atoms with E-state index in [0.717, 1.165) is 40.7 Å². The van der Waals surface area contributed by atoms with Gasteiger partial charge in [-0.15, -0.1) is 0 Å². The van der Waals surface area contributed by atoms with Crippen LogP contribution in [0.2, 0.25) is 0 Å². The Kier molecular flexibility index (Phi) is 8.69. The number of aryl methyl sites for hydroxylation is 1. The Morgan fingerprint density at radius 3 is 2.58 bits per heavy atom. The number of aliphatic hydroxyl groups is 1. The summed E-state index contributed by atoms with van der Waals surface area (Å²) in [6, 6.07) is 13.0. The quantitative estimate of drug-likeness (QED) is 0.349. The summed E-state index contributed by atoms with van der Waals surface area (Å²) in [5.41, 5.74) is 3.65. The van der Waals surface area contributed by atoms with Gasteiger partial charge in [-0.3, -0.25) is 4.79 Å². The van der Waals surface area contributed by atoms with E-state index in [1.807, 2.05) is 24.3 Å². The van der Waals surface area contributed by atoms with Crippen molar-refractivity contribution in [2.75, 3.05) is 31.2 Å². The molecule has 2 aromatic carbocycles. The number of carbonyl (C=O) groups is 1. The Bertz CT molecular complexity index is 1350. The first kappa shape index (κ1) is 27.7. The summed E-state index contributed by atoms with van der Waals surface area (Å²) in [7, 11) is 0. The number of anilines is 1. The SMILES string of the molecule is Cc1ccc(OCCCCO)cc1-c1ccnc(N2CCC(C(=O)N3N=CCC3c3cc(F)cc(F)c3)CC2)c1. The van der Waals surface area contributed by atoms with Crippen LogP contribution in [-0.4, -0.2) is 53.5 Å². The minimum absolute atomic E-state index is 0.115. The van der Waals surface area contributed by atoms with Crippen LogP contribution in [0, 0.1) is 24.5 Å².